The number of alkyl carbamates (subject to hydrolysis) is 1. The average molecular weight is 575 g/mol. The second-order valence-corrected chi connectivity index (χ2v) is 10.2. The SMILES string of the molecule is CCNC(=O)OC1CCN(C(=O)c2cc(Cn3c(=O)[nH]c(=O)c4ccccc43)ccc2F)CC1.Cc1ccccc1C. The fraction of sp³-hybridized carbons (Fsp3) is 0.312. The van der Waals surface area contributed by atoms with Crippen molar-refractivity contribution in [2.75, 3.05) is 19.6 Å². The van der Waals surface area contributed by atoms with E-state index in [9.17, 15) is 23.6 Å². The number of hydrogen-bond acceptors (Lipinski definition) is 5. The highest BCUT2D eigenvalue weighted by Gasteiger charge is 2.27. The molecule has 0 saturated carbocycles. The maximum Gasteiger partial charge on any atom is 0.407 e. The lowest BCUT2D eigenvalue weighted by Gasteiger charge is -2.31. The third-order valence-corrected chi connectivity index (χ3v) is 7.26. The lowest BCUT2D eigenvalue weighted by atomic mass is 10.0. The minimum Gasteiger partial charge on any atom is -0.446 e. The molecule has 1 fully saturated rings. The highest BCUT2D eigenvalue weighted by Crippen LogP contribution is 2.20. The molecule has 1 aliphatic heterocycles. The van der Waals surface area contributed by atoms with Crippen LogP contribution < -0.4 is 16.6 Å². The van der Waals surface area contributed by atoms with Crippen molar-refractivity contribution in [3.8, 4) is 0 Å². The summed E-state index contributed by atoms with van der Waals surface area (Å²) in [5, 5.41) is 2.93. The number of hydrogen-bond donors (Lipinski definition) is 2. The zero-order valence-corrected chi connectivity index (χ0v) is 24.0. The quantitative estimate of drug-likeness (QED) is 0.364. The van der Waals surface area contributed by atoms with Gasteiger partial charge in [0.2, 0.25) is 0 Å². The fourth-order valence-corrected chi connectivity index (χ4v) is 4.76. The van der Waals surface area contributed by atoms with Gasteiger partial charge in [-0.2, -0.15) is 0 Å². The molecule has 42 heavy (non-hydrogen) atoms. The molecule has 2 amide bonds. The molecule has 0 atom stereocenters. The Kier molecular flexibility index (Phi) is 9.90. The molecule has 2 heterocycles. The second kappa shape index (κ2) is 13.8. The molecule has 5 rings (SSSR count). The van der Waals surface area contributed by atoms with Crippen LogP contribution in [0.4, 0.5) is 9.18 Å². The second-order valence-electron chi connectivity index (χ2n) is 10.2. The van der Waals surface area contributed by atoms with Gasteiger partial charge in [-0.3, -0.25) is 19.1 Å². The van der Waals surface area contributed by atoms with Crippen molar-refractivity contribution in [2.45, 2.75) is 46.3 Å². The number of nitrogens with zero attached hydrogens (tertiary/aromatic N) is 2. The van der Waals surface area contributed by atoms with Crippen LogP contribution >= 0.6 is 0 Å². The fourth-order valence-electron chi connectivity index (χ4n) is 4.76. The number of likely N-dealkylation sites (tertiary alicyclic amines) is 1. The molecule has 0 radical (unpaired) electrons. The number of nitrogens with one attached hydrogen (secondary N) is 2. The molecular formula is C32H35FN4O5. The molecule has 220 valence electrons. The van der Waals surface area contributed by atoms with Crippen LogP contribution in [0.5, 0.6) is 0 Å². The Morgan fingerprint density at radius 1 is 0.976 bits per heavy atom. The Labute approximate surface area is 242 Å². The number of H-pyrrole nitrogens is 1. The molecule has 4 aromatic rings. The molecule has 2 N–H and O–H groups in total. The van der Waals surface area contributed by atoms with Crippen molar-refractivity contribution >= 4 is 22.9 Å². The Hall–Kier alpha value is -4.73. The average Bonchev–Trinajstić information content (AvgIpc) is 2.98. The molecule has 9 nitrogen and oxygen atoms in total. The summed E-state index contributed by atoms with van der Waals surface area (Å²) < 4.78 is 21.3. The lowest BCUT2D eigenvalue weighted by molar-refractivity contribution is 0.0424. The highest BCUT2D eigenvalue weighted by atomic mass is 19.1. The molecule has 0 unspecified atom stereocenters. The molecule has 0 aliphatic carbocycles. The Balaban J connectivity index is 0.000000437. The summed E-state index contributed by atoms with van der Waals surface area (Å²) in [7, 11) is 0. The van der Waals surface area contributed by atoms with Crippen LogP contribution in [-0.4, -0.2) is 52.2 Å². The van der Waals surface area contributed by atoms with Gasteiger partial charge in [0, 0.05) is 32.5 Å². The number of fused-ring (bicyclic) bond motifs is 1. The molecule has 10 heteroatoms. The molecule has 1 aliphatic rings. The van der Waals surface area contributed by atoms with Gasteiger partial charge in [-0.05, 0) is 61.7 Å². The first-order chi connectivity index (χ1) is 20.2. The number of aryl methyl sites for hydroxylation is 2. The van der Waals surface area contributed by atoms with Crippen molar-refractivity contribution in [3.05, 3.63) is 116 Å². The van der Waals surface area contributed by atoms with Crippen molar-refractivity contribution in [1.82, 2.24) is 19.8 Å². The predicted octanol–water partition coefficient (Wildman–Crippen LogP) is 4.53. The summed E-state index contributed by atoms with van der Waals surface area (Å²) in [5.41, 5.74) is 2.56. The lowest BCUT2D eigenvalue weighted by Crippen LogP contribution is -2.42. The normalized spacial score (nSPS) is 13.3. The van der Waals surface area contributed by atoms with E-state index in [2.05, 4.69) is 48.4 Å². The number of benzene rings is 3. The number of carbonyl (C=O) groups is 2. The number of piperidine rings is 1. The summed E-state index contributed by atoms with van der Waals surface area (Å²) in [4.78, 5) is 53.0. The first kappa shape index (κ1) is 30.2. The Morgan fingerprint density at radius 3 is 2.26 bits per heavy atom. The molecule has 1 saturated heterocycles. The van der Waals surface area contributed by atoms with Crippen molar-refractivity contribution in [1.29, 1.82) is 0 Å². The van der Waals surface area contributed by atoms with Crippen molar-refractivity contribution in [3.63, 3.8) is 0 Å². The van der Waals surface area contributed by atoms with Crippen molar-refractivity contribution in [2.24, 2.45) is 0 Å². The van der Waals surface area contributed by atoms with Gasteiger partial charge in [-0.15, -0.1) is 0 Å². The van der Waals surface area contributed by atoms with Crippen LogP contribution in [0.15, 0.2) is 76.3 Å². The number of amides is 2. The first-order valence-corrected chi connectivity index (χ1v) is 13.9. The van der Waals surface area contributed by atoms with Gasteiger partial charge in [-0.1, -0.05) is 42.5 Å². The standard InChI is InChI=1S/C24H25FN4O5.C8H10/c1-2-26-24(33)34-16-9-11-28(12-10-16)22(31)18-13-15(7-8-19(18)25)14-29-20-6-4-3-5-17(20)21(30)27-23(29)32;1-7-5-3-4-6-8(7)2/h3-8,13,16H,2,9-12,14H2,1H3,(H,26,33)(H,27,30,32);3-6H,1-2H3. The number of para-hydroxylation sites is 1. The van der Waals surface area contributed by atoms with Gasteiger partial charge in [0.1, 0.15) is 11.9 Å². The van der Waals surface area contributed by atoms with E-state index in [-0.39, 0.29) is 18.2 Å². The number of carbonyl (C=O) groups excluding carboxylic acids is 2. The Morgan fingerprint density at radius 2 is 1.62 bits per heavy atom. The van der Waals surface area contributed by atoms with Crippen LogP contribution in [0.2, 0.25) is 0 Å². The van der Waals surface area contributed by atoms with E-state index in [0.717, 1.165) is 0 Å². The molecule has 1 aromatic heterocycles. The maximum absolute atomic E-state index is 14.6. The van der Waals surface area contributed by atoms with Gasteiger partial charge in [0.25, 0.3) is 11.5 Å². The molecule has 0 spiro atoms. The van der Waals surface area contributed by atoms with Gasteiger partial charge < -0.3 is 15.0 Å². The van der Waals surface area contributed by atoms with E-state index < -0.39 is 29.1 Å². The largest absolute Gasteiger partial charge is 0.446 e. The molecule has 3 aromatic carbocycles. The number of aromatic nitrogens is 2. The van der Waals surface area contributed by atoms with E-state index >= 15 is 0 Å². The Bertz CT molecular complexity index is 1670. The van der Waals surface area contributed by atoms with Crippen LogP contribution in [0.25, 0.3) is 10.9 Å². The van der Waals surface area contributed by atoms with Crippen molar-refractivity contribution < 1.29 is 18.7 Å². The topological polar surface area (TPSA) is 114 Å². The maximum atomic E-state index is 14.6. The molecule has 0 bridgehead atoms. The summed E-state index contributed by atoms with van der Waals surface area (Å²) >= 11 is 0. The number of halogens is 1. The summed E-state index contributed by atoms with van der Waals surface area (Å²) in [6.45, 7) is 7.21. The smallest absolute Gasteiger partial charge is 0.407 e. The summed E-state index contributed by atoms with van der Waals surface area (Å²) in [6.07, 6.45) is 0.134. The van der Waals surface area contributed by atoms with Crippen LogP contribution in [0.1, 0.15) is 46.8 Å². The molecular weight excluding hydrogens is 539 g/mol. The zero-order valence-electron chi connectivity index (χ0n) is 24.0. The number of ether oxygens (including phenoxy) is 1. The van der Waals surface area contributed by atoms with Gasteiger partial charge >= 0.3 is 11.8 Å². The number of rotatable bonds is 5. The van der Waals surface area contributed by atoms with Gasteiger partial charge in [-0.25, -0.2) is 14.0 Å². The van der Waals surface area contributed by atoms with Crippen LogP contribution in [-0.2, 0) is 11.3 Å². The van der Waals surface area contributed by atoms with Crippen LogP contribution in [0.3, 0.4) is 0 Å². The summed E-state index contributed by atoms with van der Waals surface area (Å²) in [5.74, 6) is -1.12. The van der Waals surface area contributed by atoms with Crippen LogP contribution in [0, 0.1) is 19.7 Å². The minimum absolute atomic E-state index is 0.0547. The van der Waals surface area contributed by atoms with Gasteiger partial charge in [0.15, 0.2) is 0 Å². The van der Waals surface area contributed by atoms with E-state index in [1.54, 1.807) is 31.2 Å². The first-order valence-electron chi connectivity index (χ1n) is 13.9. The third kappa shape index (κ3) is 7.31. The predicted molar refractivity (Wildman–Crippen MR) is 159 cm³/mol. The van der Waals surface area contributed by atoms with E-state index in [1.165, 1.54) is 38.8 Å². The van der Waals surface area contributed by atoms with E-state index in [1.807, 2.05) is 0 Å². The third-order valence-electron chi connectivity index (χ3n) is 7.26. The summed E-state index contributed by atoms with van der Waals surface area (Å²) in [6, 6.07) is 19.2. The van der Waals surface area contributed by atoms with E-state index in [4.69, 9.17) is 4.74 Å². The van der Waals surface area contributed by atoms with E-state index in [0.29, 0.717) is 48.9 Å². The number of aromatic amines is 1. The minimum atomic E-state index is -0.659. The monoisotopic (exact) mass is 574 g/mol. The highest BCUT2D eigenvalue weighted by molar-refractivity contribution is 5.94. The zero-order chi connectivity index (χ0) is 30.2. The van der Waals surface area contributed by atoms with Gasteiger partial charge in [0.05, 0.1) is 23.0 Å².